The fourth-order valence-corrected chi connectivity index (χ4v) is 2.36. The zero-order chi connectivity index (χ0) is 14.9. The van der Waals surface area contributed by atoms with Gasteiger partial charge in [0.05, 0.1) is 12.1 Å². The molecule has 104 valence electrons. The maximum Gasteiger partial charge on any atom is 0.419 e. The first-order valence-electron chi connectivity index (χ1n) is 6.17. The predicted molar refractivity (Wildman–Crippen MR) is 82.5 cm³/mol. The van der Waals surface area contributed by atoms with E-state index in [9.17, 15) is 4.79 Å². The maximum atomic E-state index is 12.3. The third-order valence-electron chi connectivity index (χ3n) is 2.70. The zero-order valence-electron chi connectivity index (χ0n) is 11.6. The van der Waals surface area contributed by atoms with Crippen LogP contribution in [0.1, 0.15) is 26.5 Å². The van der Waals surface area contributed by atoms with E-state index < -0.39 is 11.7 Å². The predicted octanol–water partition coefficient (Wildman–Crippen LogP) is 4.87. The molecule has 2 rings (SSSR count). The molecule has 0 saturated carbocycles. The monoisotopic (exact) mass is 334 g/mol. The molecule has 0 aliphatic heterocycles. The number of alkyl halides is 1. The van der Waals surface area contributed by atoms with Gasteiger partial charge in [-0.05, 0) is 44.4 Å². The highest BCUT2D eigenvalue weighted by atomic mass is 79.9. The third kappa shape index (κ3) is 2.86. The van der Waals surface area contributed by atoms with Gasteiger partial charge in [-0.25, -0.2) is 14.2 Å². The molecule has 0 amide bonds. The van der Waals surface area contributed by atoms with Gasteiger partial charge in [-0.15, -0.1) is 0 Å². The van der Waals surface area contributed by atoms with E-state index in [1.165, 1.54) is 0 Å². The number of halogens is 1. The van der Waals surface area contributed by atoms with E-state index >= 15 is 0 Å². The van der Waals surface area contributed by atoms with E-state index in [-0.39, 0.29) is 0 Å². The summed E-state index contributed by atoms with van der Waals surface area (Å²) in [4.78, 5) is 15.7. The van der Waals surface area contributed by atoms with Crippen molar-refractivity contribution >= 4 is 38.6 Å². The summed E-state index contributed by atoms with van der Waals surface area (Å²) in [6.45, 7) is 12.5. The first-order chi connectivity index (χ1) is 9.35. The van der Waals surface area contributed by atoms with Crippen LogP contribution >= 0.6 is 15.9 Å². The zero-order valence-corrected chi connectivity index (χ0v) is 13.2. The Bertz CT molecular complexity index is 705. The number of nitrogens with zero attached hydrogens (tertiary/aromatic N) is 2. The molecule has 2 aromatic rings. The van der Waals surface area contributed by atoms with Crippen molar-refractivity contribution in [2.75, 3.05) is 0 Å². The molecule has 1 heterocycles. The van der Waals surface area contributed by atoms with Crippen molar-refractivity contribution < 1.29 is 9.53 Å². The average molecular weight is 335 g/mol. The van der Waals surface area contributed by atoms with Gasteiger partial charge in [0, 0.05) is 11.0 Å². The van der Waals surface area contributed by atoms with Crippen molar-refractivity contribution in [1.29, 1.82) is 0 Å². The summed E-state index contributed by atoms with van der Waals surface area (Å²) in [7, 11) is 0. The smallest absolute Gasteiger partial charge is 0.419 e. The molecule has 4 nitrogen and oxygen atoms in total. The highest BCUT2D eigenvalue weighted by Crippen LogP contribution is 2.27. The molecule has 0 saturated heterocycles. The van der Waals surface area contributed by atoms with E-state index in [4.69, 9.17) is 11.3 Å². The normalized spacial score (nSPS) is 11.3. The molecule has 20 heavy (non-hydrogen) atoms. The summed E-state index contributed by atoms with van der Waals surface area (Å²) in [6.07, 6.45) is -0.405. The van der Waals surface area contributed by atoms with E-state index in [0.29, 0.717) is 11.0 Å². The van der Waals surface area contributed by atoms with E-state index in [0.717, 1.165) is 16.6 Å². The molecular formula is C15H15BrN2O2. The van der Waals surface area contributed by atoms with Gasteiger partial charge >= 0.3 is 6.09 Å². The number of hydrogen-bond donors (Lipinski definition) is 0. The van der Waals surface area contributed by atoms with Crippen molar-refractivity contribution in [3.8, 4) is 0 Å². The summed E-state index contributed by atoms with van der Waals surface area (Å²) >= 11 is 3.38. The maximum absolute atomic E-state index is 12.3. The Morgan fingerprint density at radius 1 is 1.40 bits per heavy atom. The SMILES string of the molecule is [C-]#[N+]c1ccc2c(c1)cc(CBr)n2C(=O)OC(C)(C)C. The molecule has 1 aromatic heterocycles. The fourth-order valence-electron chi connectivity index (χ4n) is 1.95. The summed E-state index contributed by atoms with van der Waals surface area (Å²) in [6, 6.07) is 7.14. The molecule has 1 aromatic carbocycles. The number of aromatic nitrogens is 1. The molecule has 0 aliphatic carbocycles. The number of benzene rings is 1. The van der Waals surface area contributed by atoms with Gasteiger partial charge in [-0.1, -0.05) is 22.0 Å². The Morgan fingerprint density at radius 2 is 2.10 bits per heavy atom. The molecular weight excluding hydrogens is 320 g/mol. The summed E-state index contributed by atoms with van der Waals surface area (Å²) in [5.41, 5.74) is 1.56. The topological polar surface area (TPSA) is 35.6 Å². The Morgan fingerprint density at radius 3 is 2.65 bits per heavy atom. The van der Waals surface area contributed by atoms with Crippen LogP contribution in [-0.2, 0) is 10.1 Å². The number of ether oxygens (including phenoxy) is 1. The lowest BCUT2D eigenvalue weighted by atomic mass is 10.2. The van der Waals surface area contributed by atoms with Gasteiger partial charge in [0.2, 0.25) is 0 Å². The van der Waals surface area contributed by atoms with Crippen LogP contribution in [0.15, 0.2) is 24.3 Å². The Balaban J connectivity index is 2.57. The molecule has 0 spiro atoms. The van der Waals surface area contributed by atoms with E-state index in [1.54, 1.807) is 22.8 Å². The van der Waals surface area contributed by atoms with E-state index in [2.05, 4.69) is 20.8 Å². The van der Waals surface area contributed by atoms with Crippen molar-refractivity contribution in [1.82, 2.24) is 4.57 Å². The minimum absolute atomic E-state index is 0.405. The van der Waals surface area contributed by atoms with E-state index in [1.807, 2.05) is 26.8 Å². The van der Waals surface area contributed by atoms with Crippen molar-refractivity contribution in [2.45, 2.75) is 31.7 Å². The Kier molecular flexibility index (Phi) is 3.87. The third-order valence-corrected chi connectivity index (χ3v) is 3.28. The standard InChI is InChI=1S/C15H15BrN2O2/c1-15(2,3)20-14(19)18-12(9-16)8-10-7-11(17-4)5-6-13(10)18/h5-8H,9H2,1-3H3. The number of hydrogen-bond acceptors (Lipinski definition) is 2. The molecule has 0 N–H and O–H groups in total. The van der Waals surface area contributed by atoms with Gasteiger partial charge in [0.15, 0.2) is 5.69 Å². The first-order valence-corrected chi connectivity index (χ1v) is 7.29. The van der Waals surface area contributed by atoms with Crippen LogP contribution in [0.2, 0.25) is 0 Å². The second-order valence-electron chi connectivity index (χ2n) is 5.44. The molecule has 0 unspecified atom stereocenters. The molecule has 0 bridgehead atoms. The largest absolute Gasteiger partial charge is 0.443 e. The lowest BCUT2D eigenvalue weighted by Gasteiger charge is -2.20. The summed E-state index contributed by atoms with van der Waals surface area (Å²) in [5, 5.41) is 1.40. The highest BCUT2D eigenvalue weighted by Gasteiger charge is 2.21. The van der Waals surface area contributed by atoms with Crippen LogP contribution in [0.5, 0.6) is 0 Å². The number of carbonyl (C=O) groups is 1. The van der Waals surface area contributed by atoms with Crippen molar-refractivity contribution in [2.24, 2.45) is 0 Å². The number of rotatable bonds is 1. The molecule has 0 aliphatic rings. The van der Waals surface area contributed by atoms with Crippen LogP contribution in [-0.4, -0.2) is 16.3 Å². The molecule has 5 heteroatoms. The van der Waals surface area contributed by atoms with Gasteiger partial charge in [-0.2, -0.15) is 0 Å². The van der Waals surface area contributed by atoms with Gasteiger partial charge < -0.3 is 4.74 Å². The number of carbonyl (C=O) groups excluding carboxylic acids is 1. The quantitative estimate of drug-likeness (QED) is 0.550. The Hall–Kier alpha value is -1.80. The second kappa shape index (κ2) is 5.29. The van der Waals surface area contributed by atoms with Gasteiger partial charge in [0.1, 0.15) is 5.60 Å². The van der Waals surface area contributed by atoms with Crippen LogP contribution in [0.3, 0.4) is 0 Å². The lowest BCUT2D eigenvalue weighted by Crippen LogP contribution is -2.27. The minimum atomic E-state index is -0.548. The number of fused-ring (bicyclic) bond motifs is 1. The molecule has 0 fully saturated rings. The highest BCUT2D eigenvalue weighted by molar-refractivity contribution is 9.08. The van der Waals surface area contributed by atoms with Gasteiger partial charge in [0.25, 0.3) is 0 Å². The first kappa shape index (κ1) is 14.6. The minimum Gasteiger partial charge on any atom is -0.443 e. The fraction of sp³-hybridized carbons (Fsp3) is 0.333. The summed E-state index contributed by atoms with van der Waals surface area (Å²) < 4.78 is 6.98. The second-order valence-corrected chi connectivity index (χ2v) is 6.00. The van der Waals surface area contributed by atoms with Crippen molar-refractivity contribution in [3.05, 3.63) is 41.4 Å². The van der Waals surface area contributed by atoms with Crippen LogP contribution in [0.4, 0.5) is 10.5 Å². The summed E-state index contributed by atoms with van der Waals surface area (Å²) in [5.74, 6) is 0. The molecule has 0 atom stereocenters. The average Bonchev–Trinajstić information content (AvgIpc) is 2.73. The van der Waals surface area contributed by atoms with Crippen LogP contribution in [0, 0.1) is 6.57 Å². The Labute approximate surface area is 126 Å². The van der Waals surface area contributed by atoms with Crippen LogP contribution in [0.25, 0.3) is 15.7 Å². The van der Waals surface area contributed by atoms with Crippen molar-refractivity contribution in [3.63, 3.8) is 0 Å². The van der Waals surface area contributed by atoms with Crippen LogP contribution < -0.4 is 0 Å². The lowest BCUT2D eigenvalue weighted by molar-refractivity contribution is 0.0541. The molecule has 0 radical (unpaired) electrons. The van der Waals surface area contributed by atoms with Gasteiger partial charge in [-0.3, -0.25) is 0 Å².